The van der Waals surface area contributed by atoms with Crippen molar-refractivity contribution in [2.75, 3.05) is 11.7 Å². The quantitative estimate of drug-likeness (QED) is 0.434. The van der Waals surface area contributed by atoms with E-state index in [0.717, 1.165) is 34.3 Å². The summed E-state index contributed by atoms with van der Waals surface area (Å²) < 4.78 is 13.4. The minimum Gasteiger partial charge on any atom is -0.454 e. The lowest BCUT2D eigenvalue weighted by Crippen LogP contribution is -2.30. The average Bonchev–Trinajstić information content (AvgIpc) is 3.57. The van der Waals surface area contributed by atoms with Crippen molar-refractivity contribution in [3.05, 3.63) is 102 Å². The van der Waals surface area contributed by atoms with E-state index in [9.17, 15) is 0 Å². The van der Waals surface area contributed by atoms with Gasteiger partial charge >= 0.3 is 0 Å². The van der Waals surface area contributed by atoms with E-state index in [2.05, 4.69) is 69.3 Å². The first-order valence-electron chi connectivity index (χ1n) is 10.8. The van der Waals surface area contributed by atoms with Gasteiger partial charge in [-0.2, -0.15) is 0 Å². The molecule has 6 rings (SSSR count). The smallest absolute Gasteiger partial charge is 0.231 e. The van der Waals surface area contributed by atoms with Gasteiger partial charge in [0.15, 0.2) is 16.6 Å². The Morgan fingerprint density at radius 2 is 1.82 bits per heavy atom. The molecule has 0 amide bonds. The molecule has 2 aromatic heterocycles. The summed E-state index contributed by atoms with van der Waals surface area (Å²) in [5, 5.41) is 4.17. The summed E-state index contributed by atoms with van der Waals surface area (Å²) >= 11 is 5.87. The topological polar surface area (TPSA) is 51.6 Å². The van der Waals surface area contributed by atoms with Crippen molar-refractivity contribution >= 4 is 23.0 Å². The van der Waals surface area contributed by atoms with Crippen LogP contribution in [0.3, 0.4) is 0 Å². The molecule has 0 aliphatic carbocycles. The van der Waals surface area contributed by atoms with Gasteiger partial charge in [-0.05, 0) is 67.2 Å². The number of hydrogen-bond donors (Lipinski definition) is 1. The third-order valence-electron chi connectivity index (χ3n) is 6.19. The van der Waals surface area contributed by atoms with Gasteiger partial charge in [-0.15, -0.1) is 0 Å². The highest BCUT2D eigenvalue weighted by atomic mass is 32.1. The van der Waals surface area contributed by atoms with Crippen molar-refractivity contribution in [1.29, 1.82) is 0 Å². The molecule has 1 fully saturated rings. The lowest BCUT2D eigenvalue weighted by atomic mass is 10.0. The first kappa shape index (κ1) is 19.8. The summed E-state index contributed by atoms with van der Waals surface area (Å²) in [5.41, 5.74) is 5.33. The molecule has 2 atom stereocenters. The van der Waals surface area contributed by atoms with E-state index < -0.39 is 0 Å². The maximum Gasteiger partial charge on any atom is 0.231 e. The van der Waals surface area contributed by atoms with Crippen molar-refractivity contribution in [3.63, 3.8) is 0 Å². The van der Waals surface area contributed by atoms with Crippen LogP contribution in [-0.2, 0) is 0 Å². The number of rotatable bonds is 4. The second-order valence-corrected chi connectivity index (χ2v) is 8.51. The molecule has 4 heterocycles. The van der Waals surface area contributed by atoms with Crippen LogP contribution in [0.5, 0.6) is 11.5 Å². The highest BCUT2D eigenvalue weighted by Crippen LogP contribution is 2.45. The average molecular weight is 455 g/mol. The van der Waals surface area contributed by atoms with E-state index in [-0.39, 0.29) is 18.9 Å². The van der Waals surface area contributed by atoms with Crippen LogP contribution in [0.15, 0.2) is 85.2 Å². The zero-order valence-electron chi connectivity index (χ0n) is 18.0. The van der Waals surface area contributed by atoms with Gasteiger partial charge in [0.2, 0.25) is 6.79 Å². The van der Waals surface area contributed by atoms with E-state index in [1.807, 2.05) is 42.6 Å². The van der Waals surface area contributed by atoms with Gasteiger partial charge < -0.3 is 24.3 Å². The van der Waals surface area contributed by atoms with Crippen molar-refractivity contribution in [2.24, 2.45) is 0 Å². The number of aryl methyl sites for hydroxylation is 1. The molecule has 1 saturated heterocycles. The van der Waals surface area contributed by atoms with Crippen LogP contribution in [-0.4, -0.2) is 21.5 Å². The first-order valence-corrected chi connectivity index (χ1v) is 11.2. The number of pyridine rings is 1. The van der Waals surface area contributed by atoms with Crippen LogP contribution in [0.4, 0.5) is 5.69 Å². The molecule has 0 saturated carbocycles. The largest absolute Gasteiger partial charge is 0.454 e. The third kappa shape index (κ3) is 3.32. The number of para-hydroxylation sites is 1. The van der Waals surface area contributed by atoms with Crippen LogP contribution in [0.25, 0.3) is 5.69 Å². The second kappa shape index (κ2) is 7.94. The molecule has 2 aliphatic heterocycles. The van der Waals surface area contributed by atoms with E-state index in [1.165, 1.54) is 5.56 Å². The number of benzene rings is 2. The van der Waals surface area contributed by atoms with Crippen molar-refractivity contribution < 1.29 is 9.47 Å². The maximum atomic E-state index is 5.87. The Morgan fingerprint density at radius 3 is 2.67 bits per heavy atom. The van der Waals surface area contributed by atoms with Gasteiger partial charge in [0.05, 0.1) is 11.7 Å². The molecule has 33 heavy (non-hydrogen) atoms. The number of nitrogens with zero attached hydrogens (tertiary/aromatic N) is 3. The number of nitrogens with one attached hydrogen (secondary N) is 1. The molecule has 1 N–H and O–H groups in total. The molecule has 0 spiro atoms. The molecule has 0 unspecified atom stereocenters. The Morgan fingerprint density at radius 1 is 0.970 bits per heavy atom. The summed E-state index contributed by atoms with van der Waals surface area (Å²) in [5.74, 6) is 1.47. The fourth-order valence-electron chi connectivity index (χ4n) is 4.66. The predicted octanol–water partition coefficient (Wildman–Crippen LogP) is 5.09. The summed E-state index contributed by atoms with van der Waals surface area (Å²) in [4.78, 5) is 6.81. The zero-order chi connectivity index (χ0) is 22.4. The number of ether oxygens (including phenoxy) is 2. The predicted molar refractivity (Wildman–Crippen MR) is 131 cm³/mol. The molecule has 2 aromatic carbocycles. The summed E-state index contributed by atoms with van der Waals surface area (Å²) in [6, 6.07) is 24.3. The van der Waals surface area contributed by atoms with E-state index in [1.54, 1.807) is 0 Å². The standard InChI is InChI=1S/C26H22N4O2S/c1-17-7-2-3-9-20(17)29-14-6-10-21(29)25-24(19-8-4-5-13-27-19)28-26(33)30(25)18-11-12-22-23(15-18)32-16-31-22/h2-15,24-25H,16H2,1H3,(H,28,33)/t24-,25-/m0/s1. The summed E-state index contributed by atoms with van der Waals surface area (Å²) in [6.07, 6.45) is 3.92. The molecule has 4 aromatic rings. The van der Waals surface area contributed by atoms with Crippen molar-refractivity contribution in [3.8, 4) is 17.2 Å². The normalized spacial score (nSPS) is 19.1. The van der Waals surface area contributed by atoms with Crippen LogP contribution in [0.1, 0.15) is 29.0 Å². The highest BCUT2D eigenvalue weighted by Gasteiger charge is 2.42. The fourth-order valence-corrected chi connectivity index (χ4v) is 5.00. The lowest BCUT2D eigenvalue weighted by Gasteiger charge is -2.29. The molecule has 6 nitrogen and oxygen atoms in total. The zero-order valence-corrected chi connectivity index (χ0v) is 18.8. The Bertz CT molecular complexity index is 1340. The van der Waals surface area contributed by atoms with Gasteiger partial charge in [-0.1, -0.05) is 24.3 Å². The summed E-state index contributed by atoms with van der Waals surface area (Å²) in [6.45, 7) is 2.36. The third-order valence-corrected chi connectivity index (χ3v) is 6.51. The van der Waals surface area contributed by atoms with Gasteiger partial charge in [-0.25, -0.2) is 0 Å². The second-order valence-electron chi connectivity index (χ2n) is 8.12. The van der Waals surface area contributed by atoms with Crippen LogP contribution in [0.2, 0.25) is 0 Å². The maximum absolute atomic E-state index is 5.87. The van der Waals surface area contributed by atoms with E-state index in [0.29, 0.717) is 5.11 Å². The molecule has 164 valence electrons. The molecule has 7 heteroatoms. The van der Waals surface area contributed by atoms with Crippen LogP contribution < -0.4 is 19.7 Å². The minimum atomic E-state index is -0.123. The summed E-state index contributed by atoms with van der Waals surface area (Å²) in [7, 11) is 0. The van der Waals surface area contributed by atoms with Crippen LogP contribution >= 0.6 is 12.2 Å². The monoisotopic (exact) mass is 454 g/mol. The molecular weight excluding hydrogens is 432 g/mol. The number of aromatic nitrogens is 2. The van der Waals surface area contributed by atoms with Crippen molar-refractivity contribution in [2.45, 2.75) is 19.0 Å². The molecular formula is C26H22N4O2S. The molecule has 0 bridgehead atoms. The van der Waals surface area contributed by atoms with Crippen LogP contribution in [0, 0.1) is 6.92 Å². The Labute approximate surface area is 197 Å². The van der Waals surface area contributed by atoms with Gasteiger partial charge in [0.25, 0.3) is 0 Å². The highest BCUT2D eigenvalue weighted by molar-refractivity contribution is 7.80. The lowest BCUT2D eigenvalue weighted by molar-refractivity contribution is 0.174. The van der Waals surface area contributed by atoms with Crippen molar-refractivity contribution in [1.82, 2.24) is 14.9 Å². The fraction of sp³-hybridized carbons (Fsp3) is 0.154. The molecule has 0 radical (unpaired) electrons. The van der Waals surface area contributed by atoms with E-state index in [4.69, 9.17) is 21.7 Å². The number of thiocarbonyl (C=S) groups is 1. The minimum absolute atomic E-state index is 0.123. The molecule has 2 aliphatic rings. The van der Waals surface area contributed by atoms with Gasteiger partial charge in [0, 0.05) is 35.5 Å². The van der Waals surface area contributed by atoms with E-state index >= 15 is 0 Å². The number of fused-ring (bicyclic) bond motifs is 1. The first-order chi connectivity index (χ1) is 16.2. The Kier molecular flexibility index (Phi) is 4.77. The van der Waals surface area contributed by atoms with Gasteiger partial charge in [0.1, 0.15) is 6.04 Å². The Balaban J connectivity index is 1.52. The number of anilines is 1. The Hall–Kier alpha value is -3.84. The SMILES string of the molecule is Cc1ccccc1-n1cccc1[C@H]1[C@H](c2ccccn2)NC(=S)N1c1ccc2c(c1)OCO2. The van der Waals surface area contributed by atoms with Gasteiger partial charge in [-0.3, -0.25) is 4.98 Å². The number of hydrogen-bond acceptors (Lipinski definition) is 4.